The van der Waals surface area contributed by atoms with Gasteiger partial charge in [-0.1, -0.05) is 31.4 Å². The Morgan fingerprint density at radius 1 is 1.15 bits per heavy atom. The Morgan fingerprint density at radius 3 is 2.56 bits per heavy atom. The Morgan fingerprint density at radius 2 is 1.85 bits per heavy atom. The van der Waals surface area contributed by atoms with Gasteiger partial charge in [0.1, 0.15) is 5.82 Å². The fraction of sp³-hybridized carbons (Fsp3) is 0.667. The minimum Gasteiger partial charge on any atom is -0.379 e. The number of aliphatic imine (C=N–C) groups is 1. The maximum absolute atomic E-state index is 13.3. The minimum atomic E-state index is -0.186. The number of halogens is 1. The summed E-state index contributed by atoms with van der Waals surface area (Å²) in [5.41, 5.74) is 7.30. The fourth-order valence-corrected chi connectivity index (χ4v) is 4.21. The lowest BCUT2D eigenvalue weighted by Gasteiger charge is -2.36. The molecule has 27 heavy (non-hydrogen) atoms. The lowest BCUT2D eigenvalue weighted by Crippen LogP contribution is -2.40. The van der Waals surface area contributed by atoms with E-state index in [1.54, 1.807) is 12.1 Å². The lowest BCUT2D eigenvalue weighted by molar-refractivity contribution is 0.0376. The predicted molar refractivity (Wildman–Crippen MR) is 108 cm³/mol. The third kappa shape index (κ3) is 5.91. The molecule has 3 N–H and O–H groups in total. The highest BCUT2D eigenvalue weighted by atomic mass is 19.1. The van der Waals surface area contributed by atoms with Crippen LogP contribution in [0.25, 0.3) is 0 Å². The molecule has 0 bridgehead atoms. The van der Waals surface area contributed by atoms with Gasteiger partial charge in [-0.2, -0.15) is 0 Å². The Balaban J connectivity index is 1.50. The van der Waals surface area contributed by atoms with Crippen molar-refractivity contribution in [3.8, 4) is 0 Å². The molecular weight excluding hydrogens is 343 g/mol. The van der Waals surface area contributed by atoms with Crippen molar-refractivity contribution in [3.05, 3.63) is 35.6 Å². The van der Waals surface area contributed by atoms with Gasteiger partial charge < -0.3 is 15.8 Å². The van der Waals surface area contributed by atoms with Crippen molar-refractivity contribution in [2.24, 2.45) is 10.7 Å². The summed E-state index contributed by atoms with van der Waals surface area (Å²) in [6, 6.07) is 6.95. The van der Waals surface area contributed by atoms with Crippen molar-refractivity contribution in [2.75, 3.05) is 45.9 Å². The number of morpholine rings is 1. The van der Waals surface area contributed by atoms with Crippen molar-refractivity contribution in [3.63, 3.8) is 0 Å². The van der Waals surface area contributed by atoms with Gasteiger partial charge in [0.15, 0.2) is 5.96 Å². The van der Waals surface area contributed by atoms with E-state index < -0.39 is 0 Å². The molecule has 1 aliphatic heterocycles. The van der Waals surface area contributed by atoms with Crippen LogP contribution in [0.4, 0.5) is 4.39 Å². The molecule has 150 valence electrons. The second kappa shape index (κ2) is 10.0. The van der Waals surface area contributed by atoms with Crippen molar-refractivity contribution >= 4 is 5.96 Å². The van der Waals surface area contributed by atoms with E-state index in [0.717, 1.165) is 58.7 Å². The first kappa shape index (κ1) is 20.1. The average molecular weight is 377 g/mol. The van der Waals surface area contributed by atoms with Crippen LogP contribution in [-0.4, -0.2) is 56.8 Å². The number of nitrogens with one attached hydrogen (secondary N) is 1. The topological polar surface area (TPSA) is 62.9 Å². The first-order valence-electron chi connectivity index (χ1n) is 10.3. The molecule has 1 aromatic carbocycles. The number of rotatable bonds is 7. The van der Waals surface area contributed by atoms with Crippen molar-refractivity contribution in [1.29, 1.82) is 0 Å². The highest BCUT2D eigenvalue weighted by Crippen LogP contribution is 2.39. The quantitative estimate of drug-likeness (QED) is 0.436. The molecule has 2 aliphatic rings. The lowest BCUT2D eigenvalue weighted by atomic mass is 9.69. The van der Waals surface area contributed by atoms with E-state index in [1.165, 1.54) is 24.8 Å². The second-order valence-corrected chi connectivity index (χ2v) is 7.78. The molecule has 0 atom stereocenters. The molecule has 0 radical (unpaired) electrons. The minimum absolute atomic E-state index is 0.00789. The monoisotopic (exact) mass is 376 g/mol. The third-order valence-corrected chi connectivity index (χ3v) is 5.88. The second-order valence-electron chi connectivity index (χ2n) is 7.78. The Hall–Kier alpha value is -1.66. The van der Waals surface area contributed by atoms with E-state index in [1.807, 2.05) is 12.1 Å². The third-order valence-electron chi connectivity index (χ3n) is 5.88. The molecule has 5 nitrogen and oxygen atoms in total. The first-order valence-corrected chi connectivity index (χ1v) is 10.3. The van der Waals surface area contributed by atoms with Crippen LogP contribution in [0.3, 0.4) is 0 Å². The summed E-state index contributed by atoms with van der Waals surface area (Å²) in [5.74, 6) is 0.332. The van der Waals surface area contributed by atoms with Gasteiger partial charge in [-0.3, -0.25) is 9.89 Å². The Bertz CT molecular complexity index is 593. The number of hydrogen-bond donors (Lipinski definition) is 2. The van der Waals surface area contributed by atoms with Crippen LogP contribution in [-0.2, 0) is 10.2 Å². The summed E-state index contributed by atoms with van der Waals surface area (Å²) in [4.78, 5) is 7.08. The molecule has 0 unspecified atom stereocenters. The van der Waals surface area contributed by atoms with Gasteiger partial charge in [-0.05, 0) is 43.5 Å². The smallest absolute Gasteiger partial charge is 0.188 e. The summed E-state index contributed by atoms with van der Waals surface area (Å²) in [6.07, 6.45) is 6.87. The molecule has 6 heteroatoms. The number of nitrogens with two attached hydrogens (primary N) is 1. The van der Waals surface area contributed by atoms with Crippen LogP contribution >= 0.6 is 0 Å². The molecular formula is C21H33FN4O. The predicted octanol–water partition coefficient (Wildman–Crippen LogP) is 2.65. The summed E-state index contributed by atoms with van der Waals surface area (Å²) in [7, 11) is 0. The van der Waals surface area contributed by atoms with E-state index in [-0.39, 0.29) is 11.2 Å². The van der Waals surface area contributed by atoms with E-state index in [9.17, 15) is 4.39 Å². The molecule has 0 spiro atoms. The molecule has 1 aromatic rings. The largest absolute Gasteiger partial charge is 0.379 e. The standard InChI is InChI=1S/C21H33FN4O/c22-19-7-5-18(6-8-19)21(9-2-1-3-10-21)17-25-20(23)24-11-4-12-26-13-15-27-16-14-26/h5-8H,1-4,9-17H2,(H3,23,24,25). The van der Waals surface area contributed by atoms with Crippen LogP contribution in [0.2, 0.25) is 0 Å². The molecule has 1 heterocycles. The summed E-state index contributed by atoms with van der Waals surface area (Å²) in [6.45, 7) is 6.26. The van der Waals surface area contributed by atoms with Gasteiger partial charge in [0.05, 0.1) is 19.8 Å². The zero-order chi connectivity index (χ0) is 19.0. The zero-order valence-electron chi connectivity index (χ0n) is 16.3. The van der Waals surface area contributed by atoms with Crippen LogP contribution in [0, 0.1) is 5.82 Å². The van der Waals surface area contributed by atoms with Gasteiger partial charge in [0, 0.05) is 25.0 Å². The van der Waals surface area contributed by atoms with E-state index in [4.69, 9.17) is 10.5 Å². The van der Waals surface area contributed by atoms with E-state index >= 15 is 0 Å². The maximum atomic E-state index is 13.3. The van der Waals surface area contributed by atoms with Crippen molar-refractivity contribution in [2.45, 2.75) is 43.9 Å². The van der Waals surface area contributed by atoms with Crippen LogP contribution in [0.1, 0.15) is 44.1 Å². The van der Waals surface area contributed by atoms with E-state index in [0.29, 0.717) is 12.5 Å². The Labute approximate surface area is 162 Å². The number of hydrogen-bond acceptors (Lipinski definition) is 3. The number of nitrogens with zero attached hydrogens (tertiary/aromatic N) is 2. The van der Waals surface area contributed by atoms with Crippen LogP contribution in [0.15, 0.2) is 29.3 Å². The Kier molecular flexibility index (Phi) is 7.47. The van der Waals surface area contributed by atoms with Gasteiger partial charge in [0.25, 0.3) is 0 Å². The van der Waals surface area contributed by atoms with Crippen LogP contribution in [0.5, 0.6) is 0 Å². The summed E-state index contributed by atoms with van der Waals surface area (Å²) in [5, 5.41) is 3.25. The fourth-order valence-electron chi connectivity index (χ4n) is 4.21. The highest BCUT2D eigenvalue weighted by molar-refractivity contribution is 5.77. The maximum Gasteiger partial charge on any atom is 0.188 e. The van der Waals surface area contributed by atoms with Crippen molar-refractivity contribution in [1.82, 2.24) is 10.2 Å². The number of benzene rings is 1. The molecule has 0 amide bonds. The number of guanidine groups is 1. The molecule has 1 saturated carbocycles. The van der Waals surface area contributed by atoms with E-state index in [2.05, 4.69) is 15.2 Å². The van der Waals surface area contributed by atoms with Gasteiger partial charge in [-0.15, -0.1) is 0 Å². The summed E-state index contributed by atoms with van der Waals surface area (Å²) >= 11 is 0. The average Bonchev–Trinajstić information content (AvgIpc) is 2.72. The molecule has 2 fully saturated rings. The zero-order valence-corrected chi connectivity index (χ0v) is 16.3. The number of ether oxygens (including phenoxy) is 1. The van der Waals surface area contributed by atoms with Gasteiger partial charge in [-0.25, -0.2) is 4.39 Å². The molecule has 3 rings (SSSR count). The summed E-state index contributed by atoms with van der Waals surface area (Å²) < 4.78 is 18.7. The van der Waals surface area contributed by atoms with Gasteiger partial charge >= 0.3 is 0 Å². The van der Waals surface area contributed by atoms with Crippen molar-refractivity contribution < 1.29 is 9.13 Å². The SMILES string of the molecule is NC(=NCC1(c2ccc(F)cc2)CCCCC1)NCCCN1CCOCC1. The van der Waals surface area contributed by atoms with Gasteiger partial charge in [0.2, 0.25) is 0 Å². The van der Waals surface area contributed by atoms with Crippen LogP contribution < -0.4 is 11.1 Å². The molecule has 1 saturated heterocycles. The highest BCUT2D eigenvalue weighted by Gasteiger charge is 2.33. The molecule has 1 aliphatic carbocycles. The molecule has 0 aromatic heterocycles. The normalized spacial score (nSPS) is 21.1. The first-order chi connectivity index (χ1) is 13.2.